The second-order valence-corrected chi connectivity index (χ2v) is 12.4. The molecule has 5 aliphatic carbocycles. The average Bonchev–Trinajstić information content (AvgIpc) is 3.05. The largest absolute Gasteiger partial charge is 0.474 e. The Hall–Kier alpha value is -1.25. The fraction of sp³-hybridized carbons (Fsp3) is 0.826. The van der Waals surface area contributed by atoms with Gasteiger partial charge in [-0.15, -0.1) is 11.8 Å². The molecule has 5 aliphatic rings. The molecule has 1 aromatic rings. The van der Waals surface area contributed by atoms with Gasteiger partial charge in [-0.1, -0.05) is 20.3 Å². The lowest BCUT2D eigenvalue weighted by Gasteiger charge is -2.58. The number of ether oxygens (including phenoxy) is 1. The number of carbonyl (C=O) groups is 1. The first-order chi connectivity index (χ1) is 14.8. The maximum Gasteiger partial charge on any atom is 0.291 e. The van der Waals surface area contributed by atoms with E-state index in [9.17, 15) is 15.0 Å². The smallest absolute Gasteiger partial charge is 0.291 e. The molecule has 0 aliphatic heterocycles. The predicted octanol–water partition coefficient (Wildman–Crippen LogP) is 3.39. The van der Waals surface area contributed by atoms with Gasteiger partial charge in [-0.3, -0.25) is 4.79 Å². The van der Waals surface area contributed by atoms with E-state index in [1.54, 1.807) is 0 Å². The van der Waals surface area contributed by atoms with Crippen LogP contribution in [0.15, 0.2) is 9.42 Å². The number of aliphatic hydroxyl groups excluding tert-OH is 1. The summed E-state index contributed by atoms with van der Waals surface area (Å²) in [5, 5.41) is 28.1. The summed E-state index contributed by atoms with van der Waals surface area (Å²) in [6, 6.07) is 0.0864. The summed E-state index contributed by atoms with van der Waals surface area (Å²) in [5.74, 6) is 1.59. The summed E-state index contributed by atoms with van der Waals surface area (Å²) in [4.78, 5) is 13.9. The highest BCUT2D eigenvalue weighted by atomic mass is 32.2. The number of aromatic nitrogens is 1. The maximum absolute atomic E-state index is 13.2. The molecule has 5 fully saturated rings. The van der Waals surface area contributed by atoms with Crippen LogP contribution in [0.25, 0.3) is 0 Å². The number of aliphatic hydroxyl groups is 2. The van der Waals surface area contributed by atoms with Gasteiger partial charge in [0.2, 0.25) is 5.76 Å². The quantitative estimate of drug-likeness (QED) is 0.522. The van der Waals surface area contributed by atoms with Crippen molar-refractivity contribution in [3.8, 4) is 5.88 Å². The van der Waals surface area contributed by atoms with Crippen LogP contribution in [-0.2, 0) is 0 Å². The van der Waals surface area contributed by atoms with Crippen molar-refractivity contribution in [3.05, 3.63) is 5.76 Å². The highest BCUT2D eigenvalue weighted by Crippen LogP contribution is 2.55. The topological polar surface area (TPSA) is 105 Å². The van der Waals surface area contributed by atoms with Crippen molar-refractivity contribution in [2.75, 3.05) is 13.2 Å². The van der Waals surface area contributed by atoms with Crippen molar-refractivity contribution in [1.82, 2.24) is 10.5 Å². The van der Waals surface area contributed by atoms with Crippen LogP contribution in [0.2, 0.25) is 0 Å². The number of hydrogen-bond acceptors (Lipinski definition) is 7. The first kappa shape index (κ1) is 21.6. The van der Waals surface area contributed by atoms with E-state index >= 15 is 0 Å². The molecule has 0 aromatic carbocycles. The molecule has 2 atom stereocenters. The number of nitrogens with one attached hydrogen (secondary N) is 1. The first-order valence-corrected chi connectivity index (χ1v) is 12.6. The van der Waals surface area contributed by atoms with Gasteiger partial charge >= 0.3 is 0 Å². The number of hydrogen-bond donors (Lipinski definition) is 3. The summed E-state index contributed by atoms with van der Waals surface area (Å²) in [7, 11) is 0. The van der Waals surface area contributed by atoms with E-state index in [4.69, 9.17) is 9.26 Å². The number of amides is 1. The van der Waals surface area contributed by atoms with E-state index in [0.717, 1.165) is 51.4 Å². The van der Waals surface area contributed by atoms with Crippen LogP contribution in [-0.4, -0.2) is 51.4 Å². The van der Waals surface area contributed by atoms with Crippen molar-refractivity contribution in [2.24, 2.45) is 23.2 Å². The molecule has 1 aromatic heterocycles. The summed E-state index contributed by atoms with van der Waals surface area (Å²) < 4.78 is 11.5. The molecule has 0 saturated heterocycles. The van der Waals surface area contributed by atoms with Crippen LogP contribution in [0.4, 0.5) is 0 Å². The molecule has 5 saturated carbocycles. The van der Waals surface area contributed by atoms with E-state index in [1.165, 1.54) is 11.8 Å². The Bertz CT molecular complexity index is 814. The predicted molar refractivity (Wildman–Crippen MR) is 116 cm³/mol. The maximum atomic E-state index is 13.2. The van der Waals surface area contributed by atoms with Gasteiger partial charge in [-0.05, 0) is 67.9 Å². The zero-order valence-corrected chi connectivity index (χ0v) is 19.2. The van der Waals surface area contributed by atoms with Crippen LogP contribution in [0.5, 0.6) is 5.88 Å². The highest BCUT2D eigenvalue weighted by molar-refractivity contribution is 8.00. The molecule has 172 valence electrons. The van der Waals surface area contributed by atoms with Crippen LogP contribution >= 0.6 is 11.8 Å². The van der Waals surface area contributed by atoms with Crippen molar-refractivity contribution in [3.63, 3.8) is 0 Å². The molecule has 1 amide bonds. The minimum Gasteiger partial charge on any atom is -0.474 e. The van der Waals surface area contributed by atoms with Crippen LogP contribution in [0, 0.1) is 23.2 Å². The third-order valence-electron chi connectivity index (χ3n) is 7.98. The van der Waals surface area contributed by atoms with Gasteiger partial charge in [0.25, 0.3) is 11.8 Å². The van der Waals surface area contributed by atoms with E-state index in [1.807, 2.05) is 0 Å². The fourth-order valence-electron chi connectivity index (χ4n) is 6.52. The Morgan fingerprint density at radius 2 is 2.00 bits per heavy atom. The molecule has 31 heavy (non-hydrogen) atoms. The van der Waals surface area contributed by atoms with E-state index in [0.29, 0.717) is 35.1 Å². The van der Waals surface area contributed by atoms with Crippen molar-refractivity contribution in [2.45, 2.75) is 87.0 Å². The molecule has 0 radical (unpaired) electrons. The van der Waals surface area contributed by atoms with Crippen molar-refractivity contribution < 1.29 is 24.3 Å². The lowest BCUT2D eigenvalue weighted by molar-refractivity contribution is -0.137. The minimum atomic E-state index is -0.520. The van der Waals surface area contributed by atoms with E-state index < -0.39 is 5.60 Å². The molecule has 3 N–H and O–H groups in total. The molecular weight excluding hydrogens is 416 g/mol. The van der Waals surface area contributed by atoms with E-state index in [2.05, 4.69) is 24.3 Å². The standard InChI is InChI=1S/C23H34N2O5S/c1-13(2)31-19-18(30-25-21(19)29-12-22(11-26)4-3-5-22)20(27)24-17-15-6-14-7-16(17)10-23(28,8-14)9-15/h13-17,26,28H,3-12H2,1-2H3,(H,24,27). The SMILES string of the molecule is CC(C)Sc1c(OCC2(CO)CCC2)noc1C(=O)NC1C2CC3CC1CC(O)(C3)C2. The average molecular weight is 451 g/mol. The third kappa shape index (κ3) is 4.00. The van der Waals surface area contributed by atoms with Gasteiger partial charge in [-0.25, -0.2) is 0 Å². The molecular formula is C23H34N2O5S. The van der Waals surface area contributed by atoms with Gasteiger partial charge in [0, 0.05) is 16.7 Å². The Morgan fingerprint density at radius 3 is 2.55 bits per heavy atom. The number of thioether (sulfide) groups is 1. The third-order valence-corrected chi connectivity index (χ3v) is 9.05. The molecule has 8 heteroatoms. The molecule has 2 unspecified atom stereocenters. The van der Waals surface area contributed by atoms with Gasteiger partial charge in [0.05, 0.1) is 18.8 Å². The minimum absolute atomic E-state index is 0.0864. The molecule has 1 heterocycles. The normalized spacial score (nSPS) is 35.3. The van der Waals surface area contributed by atoms with Crippen LogP contribution < -0.4 is 10.1 Å². The Morgan fingerprint density at radius 1 is 1.29 bits per heavy atom. The molecule has 7 nitrogen and oxygen atoms in total. The van der Waals surface area contributed by atoms with Crippen molar-refractivity contribution >= 4 is 17.7 Å². The lowest BCUT2D eigenvalue weighted by Crippen LogP contribution is -2.61. The summed E-state index contributed by atoms with van der Waals surface area (Å²) in [6.45, 7) is 4.60. The van der Waals surface area contributed by atoms with Gasteiger partial charge < -0.3 is 24.8 Å². The molecule has 0 spiro atoms. The van der Waals surface area contributed by atoms with E-state index in [-0.39, 0.29) is 35.0 Å². The highest BCUT2D eigenvalue weighted by Gasteiger charge is 2.55. The Kier molecular flexibility index (Phi) is 5.54. The summed E-state index contributed by atoms with van der Waals surface area (Å²) >= 11 is 1.52. The first-order valence-electron chi connectivity index (χ1n) is 11.7. The van der Waals surface area contributed by atoms with Crippen LogP contribution in [0.1, 0.15) is 75.8 Å². The molecule has 4 bridgehead atoms. The summed E-state index contributed by atoms with van der Waals surface area (Å²) in [6.07, 6.45) is 7.66. The van der Waals surface area contributed by atoms with Crippen LogP contribution in [0.3, 0.4) is 0 Å². The Labute approximate surface area is 187 Å². The van der Waals surface area contributed by atoms with Gasteiger partial charge in [0.1, 0.15) is 4.90 Å². The monoisotopic (exact) mass is 450 g/mol. The zero-order chi connectivity index (χ0) is 21.8. The Balaban J connectivity index is 1.31. The number of nitrogens with zero attached hydrogens (tertiary/aromatic N) is 1. The molecule has 6 rings (SSSR count). The second-order valence-electron chi connectivity index (χ2n) is 10.8. The second kappa shape index (κ2) is 7.96. The van der Waals surface area contributed by atoms with Crippen molar-refractivity contribution in [1.29, 1.82) is 0 Å². The fourth-order valence-corrected chi connectivity index (χ4v) is 7.43. The van der Waals surface area contributed by atoms with Gasteiger partial charge in [-0.2, -0.15) is 0 Å². The zero-order valence-electron chi connectivity index (χ0n) is 18.4. The van der Waals surface area contributed by atoms with Gasteiger partial charge in [0.15, 0.2) is 0 Å². The number of carbonyl (C=O) groups excluding carboxylic acids is 1. The number of rotatable bonds is 8. The lowest BCUT2D eigenvalue weighted by atomic mass is 9.52. The summed E-state index contributed by atoms with van der Waals surface area (Å²) in [5.41, 5.74) is -0.713.